The predicted octanol–water partition coefficient (Wildman–Crippen LogP) is 1.67. The Kier molecular flexibility index (Phi) is 2.17. The Labute approximate surface area is 85.1 Å². The van der Waals surface area contributed by atoms with E-state index in [-0.39, 0.29) is 11.3 Å². The fourth-order valence-corrected chi connectivity index (χ4v) is 2.41. The van der Waals surface area contributed by atoms with Gasteiger partial charge in [0.15, 0.2) is 0 Å². The number of nitrogens with two attached hydrogens (primary N) is 1. The van der Waals surface area contributed by atoms with E-state index in [0.29, 0.717) is 18.7 Å². The second-order valence-electron chi connectivity index (χ2n) is 3.02. The van der Waals surface area contributed by atoms with E-state index < -0.39 is 0 Å². The zero-order valence-corrected chi connectivity index (χ0v) is 8.44. The Morgan fingerprint density at radius 3 is 2.85 bits per heavy atom. The van der Waals surface area contributed by atoms with Crippen LogP contribution in [0, 0.1) is 0 Å². The Morgan fingerprint density at radius 1 is 1.62 bits per heavy atom. The van der Waals surface area contributed by atoms with Crippen molar-refractivity contribution in [2.45, 2.75) is 11.8 Å². The molecule has 13 heavy (non-hydrogen) atoms. The van der Waals surface area contributed by atoms with Crippen molar-refractivity contribution in [3.8, 4) is 0 Å². The van der Waals surface area contributed by atoms with Crippen molar-refractivity contribution in [1.29, 1.82) is 0 Å². The molecule has 0 saturated carbocycles. The highest BCUT2D eigenvalue weighted by molar-refractivity contribution is 7.09. The molecule has 2 heterocycles. The number of nitrogen functional groups attached to an aromatic ring is 1. The van der Waals surface area contributed by atoms with E-state index in [2.05, 4.69) is 0 Å². The maximum absolute atomic E-state index is 11.4. The zero-order valence-electron chi connectivity index (χ0n) is 6.87. The number of anilines is 2. The average molecular weight is 217 g/mol. The molecule has 0 aliphatic carbocycles. The summed E-state index contributed by atoms with van der Waals surface area (Å²) >= 11 is 7.37. The lowest BCUT2D eigenvalue weighted by Crippen LogP contribution is -2.24. The van der Waals surface area contributed by atoms with Gasteiger partial charge in [0.2, 0.25) is 5.91 Å². The van der Waals surface area contributed by atoms with E-state index in [4.69, 9.17) is 17.3 Å². The van der Waals surface area contributed by atoms with Crippen molar-refractivity contribution in [3.05, 3.63) is 10.8 Å². The molecule has 1 aromatic rings. The molecule has 3 nitrogen and oxygen atoms in total. The number of hydrogen-bond acceptors (Lipinski definition) is 3. The minimum absolute atomic E-state index is 0.0603. The van der Waals surface area contributed by atoms with Gasteiger partial charge in [-0.15, -0.1) is 22.9 Å². The van der Waals surface area contributed by atoms with E-state index in [9.17, 15) is 4.79 Å². The number of rotatable bonds is 1. The Hall–Kier alpha value is -0.740. The SMILES string of the molecule is Nc1cscc1N1CC(Cl)CC1=O. The number of amides is 1. The predicted molar refractivity (Wildman–Crippen MR) is 55.3 cm³/mol. The average Bonchev–Trinajstić information content (AvgIpc) is 2.58. The Balaban J connectivity index is 2.27. The molecule has 0 spiro atoms. The van der Waals surface area contributed by atoms with Gasteiger partial charge >= 0.3 is 0 Å². The highest BCUT2D eigenvalue weighted by Crippen LogP contribution is 2.31. The Morgan fingerprint density at radius 2 is 2.38 bits per heavy atom. The van der Waals surface area contributed by atoms with Crippen LogP contribution in [-0.4, -0.2) is 17.8 Å². The van der Waals surface area contributed by atoms with Gasteiger partial charge in [0.1, 0.15) is 0 Å². The number of hydrogen-bond donors (Lipinski definition) is 1. The van der Waals surface area contributed by atoms with Crippen LogP contribution in [0.4, 0.5) is 11.4 Å². The molecule has 0 bridgehead atoms. The van der Waals surface area contributed by atoms with Crippen LogP contribution < -0.4 is 10.6 Å². The van der Waals surface area contributed by atoms with Crippen LogP contribution in [0.5, 0.6) is 0 Å². The molecule has 1 saturated heterocycles. The quantitative estimate of drug-likeness (QED) is 0.726. The van der Waals surface area contributed by atoms with Crippen molar-refractivity contribution < 1.29 is 4.79 Å². The standard InChI is InChI=1S/C8H9ClN2OS/c9-5-1-8(12)11(2-5)7-4-13-3-6(7)10/h3-5H,1-2,10H2. The first-order valence-electron chi connectivity index (χ1n) is 3.94. The van der Waals surface area contributed by atoms with Crippen molar-refractivity contribution in [2.24, 2.45) is 0 Å². The smallest absolute Gasteiger partial charge is 0.228 e. The van der Waals surface area contributed by atoms with Gasteiger partial charge in [-0.2, -0.15) is 0 Å². The number of carbonyl (C=O) groups excluding carboxylic acids is 1. The van der Waals surface area contributed by atoms with E-state index in [1.807, 2.05) is 10.8 Å². The fraction of sp³-hybridized carbons (Fsp3) is 0.375. The van der Waals surface area contributed by atoms with E-state index in [1.54, 1.807) is 4.90 Å². The second kappa shape index (κ2) is 3.20. The number of alkyl halides is 1. The zero-order chi connectivity index (χ0) is 9.42. The van der Waals surface area contributed by atoms with Crippen LogP contribution >= 0.6 is 22.9 Å². The molecule has 2 N–H and O–H groups in total. The largest absolute Gasteiger partial charge is 0.396 e. The minimum atomic E-state index is -0.0770. The van der Waals surface area contributed by atoms with Gasteiger partial charge in [-0.1, -0.05) is 0 Å². The molecule has 70 valence electrons. The highest BCUT2D eigenvalue weighted by Gasteiger charge is 2.30. The van der Waals surface area contributed by atoms with Crippen LogP contribution in [0.2, 0.25) is 0 Å². The first-order chi connectivity index (χ1) is 6.18. The molecule has 2 rings (SSSR count). The monoisotopic (exact) mass is 216 g/mol. The summed E-state index contributed by atoms with van der Waals surface area (Å²) < 4.78 is 0. The lowest BCUT2D eigenvalue weighted by Gasteiger charge is -2.14. The molecule has 0 aromatic carbocycles. The summed E-state index contributed by atoms with van der Waals surface area (Å²) in [6, 6.07) is 0. The first kappa shape index (κ1) is 8.84. The fourth-order valence-electron chi connectivity index (χ4n) is 1.42. The summed E-state index contributed by atoms with van der Waals surface area (Å²) in [5.74, 6) is 0.0603. The number of nitrogens with zero attached hydrogens (tertiary/aromatic N) is 1. The summed E-state index contributed by atoms with van der Waals surface area (Å²) in [6.07, 6.45) is 0.414. The van der Waals surface area contributed by atoms with E-state index in [1.165, 1.54) is 11.3 Å². The minimum Gasteiger partial charge on any atom is -0.396 e. The van der Waals surface area contributed by atoms with Crippen LogP contribution in [0.25, 0.3) is 0 Å². The molecule has 1 aromatic heterocycles. The molecule has 1 aliphatic heterocycles. The highest BCUT2D eigenvalue weighted by atomic mass is 35.5. The topological polar surface area (TPSA) is 46.3 Å². The molecule has 1 atom stereocenters. The van der Waals surface area contributed by atoms with Gasteiger partial charge in [0.05, 0.1) is 16.8 Å². The van der Waals surface area contributed by atoms with Crippen molar-refractivity contribution in [3.63, 3.8) is 0 Å². The number of thiophene rings is 1. The van der Waals surface area contributed by atoms with Gasteiger partial charge in [-0.25, -0.2) is 0 Å². The van der Waals surface area contributed by atoms with Crippen molar-refractivity contribution in [2.75, 3.05) is 17.2 Å². The van der Waals surface area contributed by atoms with Crippen molar-refractivity contribution in [1.82, 2.24) is 0 Å². The van der Waals surface area contributed by atoms with Crippen LogP contribution in [0.15, 0.2) is 10.8 Å². The van der Waals surface area contributed by atoms with Gasteiger partial charge in [-0.05, 0) is 0 Å². The molecular weight excluding hydrogens is 208 g/mol. The molecule has 1 fully saturated rings. The second-order valence-corrected chi connectivity index (χ2v) is 4.38. The molecule has 5 heteroatoms. The summed E-state index contributed by atoms with van der Waals surface area (Å²) in [5, 5.41) is 3.62. The van der Waals surface area contributed by atoms with Crippen LogP contribution in [0.1, 0.15) is 6.42 Å². The normalized spacial score (nSPS) is 22.7. The third-order valence-electron chi connectivity index (χ3n) is 2.04. The van der Waals surface area contributed by atoms with Crippen LogP contribution in [0.3, 0.4) is 0 Å². The van der Waals surface area contributed by atoms with E-state index in [0.717, 1.165) is 5.69 Å². The van der Waals surface area contributed by atoms with Gasteiger partial charge in [0, 0.05) is 23.7 Å². The number of halogens is 1. The van der Waals surface area contributed by atoms with Crippen molar-refractivity contribution >= 4 is 40.2 Å². The summed E-state index contributed by atoms with van der Waals surface area (Å²) in [4.78, 5) is 13.1. The summed E-state index contributed by atoms with van der Waals surface area (Å²) in [5.41, 5.74) is 7.16. The molecule has 0 radical (unpaired) electrons. The van der Waals surface area contributed by atoms with Gasteiger partial charge in [0.25, 0.3) is 0 Å². The Bertz CT molecular complexity index is 339. The lowest BCUT2D eigenvalue weighted by molar-refractivity contribution is -0.117. The molecular formula is C8H9ClN2OS. The first-order valence-corrected chi connectivity index (χ1v) is 5.32. The van der Waals surface area contributed by atoms with Crippen LogP contribution in [-0.2, 0) is 4.79 Å². The lowest BCUT2D eigenvalue weighted by atomic mass is 10.4. The third kappa shape index (κ3) is 1.51. The maximum Gasteiger partial charge on any atom is 0.228 e. The molecule has 1 unspecified atom stereocenters. The molecule has 1 amide bonds. The number of carbonyl (C=O) groups is 1. The van der Waals surface area contributed by atoms with Gasteiger partial charge < -0.3 is 10.6 Å². The maximum atomic E-state index is 11.4. The van der Waals surface area contributed by atoms with E-state index >= 15 is 0 Å². The third-order valence-corrected chi connectivity index (χ3v) is 3.08. The summed E-state index contributed by atoms with van der Waals surface area (Å²) in [6.45, 7) is 0.571. The molecule has 1 aliphatic rings. The van der Waals surface area contributed by atoms with Gasteiger partial charge in [-0.3, -0.25) is 4.79 Å². The summed E-state index contributed by atoms with van der Waals surface area (Å²) in [7, 11) is 0.